The molecule has 0 aromatic carbocycles. The second-order valence-corrected chi connectivity index (χ2v) is 6.39. The lowest BCUT2D eigenvalue weighted by Gasteiger charge is -2.16. The van der Waals surface area contributed by atoms with E-state index in [0.717, 1.165) is 18.0 Å². The van der Waals surface area contributed by atoms with Crippen LogP contribution < -0.4 is 11.1 Å². The Morgan fingerprint density at radius 3 is 2.82 bits per heavy atom. The number of nitrogens with two attached hydrogens (primary N) is 1. The molecule has 0 fully saturated rings. The van der Waals surface area contributed by atoms with Crippen molar-refractivity contribution in [1.82, 2.24) is 4.98 Å². The van der Waals surface area contributed by atoms with Crippen LogP contribution in [-0.2, 0) is 17.6 Å². The number of amides is 1. The first kappa shape index (κ1) is 12.5. The molecule has 1 aliphatic rings. The molecule has 5 heteroatoms. The van der Waals surface area contributed by atoms with Gasteiger partial charge in [0.15, 0.2) is 5.13 Å². The van der Waals surface area contributed by atoms with Crippen LogP contribution in [0.2, 0.25) is 0 Å². The Bertz CT molecular complexity index is 396. The van der Waals surface area contributed by atoms with E-state index in [0.29, 0.717) is 6.42 Å². The highest BCUT2D eigenvalue weighted by molar-refractivity contribution is 7.15. The lowest BCUT2D eigenvalue weighted by molar-refractivity contribution is -0.117. The smallest absolute Gasteiger partial charge is 0.227 e. The summed E-state index contributed by atoms with van der Waals surface area (Å²) in [6.07, 6.45) is 4.91. The molecule has 0 unspecified atom stereocenters. The number of thiazole rings is 1. The van der Waals surface area contributed by atoms with Gasteiger partial charge in [0.25, 0.3) is 0 Å². The van der Waals surface area contributed by atoms with E-state index in [2.05, 4.69) is 10.3 Å². The minimum atomic E-state index is -0.471. The number of hydrogen-bond donors (Lipinski definition) is 2. The summed E-state index contributed by atoms with van der Waals surface area (Å²) < 4.78 is 0. The molecule has 2 rings (SSSR count). The summed E-state index contributed by atoms with van der Waals surface area (Å²) in [5.74, 6) is -0.0522. The molecule has 0 spiro atoms. The van der Waals surface area contributed by atoms with E-state index >= 15 is 0 Å². The second kappa shape index (κ2) is 4.74. The van der Waals surface area contributed by atoms with Gasteiger partial charge in [0.1, 0.15) is 0 Å². The van der Waals surface area contributed by atoms with Crippen molar-refractivity contribution in [3.63, 3.8) is 0 Å². The van der Waals surface area contributed by atoms with Gasteiger partial charge in [0.2, 0.25) is 5.91 Å². The minimum absolute atomic E-state index is 0.0522. The lowest BCUT2D eigenvalue weighted by atomic mass is 10.0. The molecule has 0 bridgehead atoms. The molecule has 1 aliphatic carbocycles. The number of nitrogens with zero attached hydrogens (tertiary/aromatic N) is 1. The summed E-state index contributed by atoms with van der Waals surface area (Å²) in [7, 11) is 0. The van der Waals surface area contributed by atoms with E-state index in [1.165, 1.54) is 23.4 Å². The molecule has 0 aliphatic heterocycles. The van der Waals surface area contributed by atoms with Crippen LogP contribution in [-0.4, -0.2) is 16.4 Å². The predicted molar refractivity (Wildman–Crippen MR) is 70.3 cm³/mol. The van der Waals surface area contributed by atoms with Gasteiger partial charge in [-0.25, -0.2) is 4.98 Å². The molecule has 17 heavy (non-hydrogen) atoms. The molecular weight excluding hydrogens is 234 g/mol. The number of hydrogen-bond acceptors (Lipinski definition) is 4. The monoisotopic (exact) mass is 253 g/mol. The van der Waals surface area contributed by atoms with Crippen LogP contribution in [0.1, 0.15) is 43.7 Å². The standard InChI is InChI=1S/C12H19N3OS/c1-12(2,13)7-10(16)15-11-14-8-5-3-4-6-9(8)17-11/h3-7,13H2,1-2H3,(H,14,15,16). The Morgan fingerprint density at radius 2 is 2.18 bits per heavy atom. The first-order valence-electron chi connectivity index (χ1n) is 6.01. The van der Waals surface area contributed by atoms with Gasteiger partial charge < -0.3 is 11.1 Å². The highest BCUT2D eigenvalue weighted by Gasteiger charge is 2.19. The zero-order valence-corrected chi connectivity index (χ0v) is 11.2. The normalized spacial score (nSPS) is 15.5. The molecule has 0 saturated carbocycles. The molecule has 0 radical (unpaired) electrons. The van der Waals surface area contributed by atoms with Crippen molar-refractivity contribution in [2.45, 2.75) is 51.5 Å². The van der Waals surface area contributed by atoms with E-state index < -0.39 is 5.54 Å². The van der Waals surface area contributed by atoms with Crippen molar-refractivity contribution in [2.75, 3.05) is 5.32 Å². The van der Waals surface area contributed by atoms with Gasteiger partial charge in [0, 0.05) is 16.8 Å². The van der Waals surface area contributed by atoms with Crippen LogP contribution in [0.4, 0.5) is 5.13 Å². The summed E-state index contributed by atoms with van der Waals surface area (Å²) in [6.45, 7) is 3.69. The average Bonchev–Trinajstić information content (AvgIpc) is 2.55. The van der Waals surface area contributed by atoms with Gasteiger partial charge in [-0.1, -0.05) is 0 Å². The Kier molecular flexibility index (Phi) is 3.49. The summed E-state index contributed by atoms with van der Waals surface area (Å²) >= 11 is 1.61. The van der Waals surface area contributed by atoms with Gasteiger partial charge in [-0.3, -0.25) is 4.79 Å². The fraction of sp³-hybridized carbons (Fsp3) is 0.667. The number of carbonyl (C=O) groups excluding carboxylic acids is 1. The maximum Gasteiger partial charge on any atom is 0.227 e. The fourth-order valence-electron chi connectivity index (χ4n) is 1.98. The molecule has 1 aromatic heterocycles. The van der Waals surface area contributed by atoms with Crippen molar-refractivity contribution < 1.29 is 4.79 Å². The maximum atomic E-state index is 11.7. The summed E-state index contributed by atoms with van der Waals surface area (Å²) in [4.78, 5) is 17.5. The molecule has 3 N–H and O–H groups in total. The molecule has 94 valence electrons. The van der Waals surface area contributed by atoms with Crippen LogP contribution >= 0.6 is 11.3 Å². The van der Waals surface area contributed by atoms with Crippen LogP contribution in [0.3, 0.4) is 0 Å². The number of carbonyl (C=O) groups is 1. The first-order valence-corrected chi connectivity index (χ1v) is 6.83. The first-order chi connectivity index (χ1) is 7.94. The van der Waals surface area contributed by atoms with Crippen molar-refractivity contribution in [3.05, 3.63) is 10.6 Å². The second-order valence-electron chi connectivity index (χ2n) is 5.31. The van der Waals surface area contributed by atoms with Crippen LogP contribution in [0.25, 0.3) is 0 Å². The summed E-state index contributed by atoms with van der Waals surface area (Å²) in [5, 5.41) is 3.57. The third-order valence-corrected chi connectivity index (χ3v) is 3.78. The highest BCUT2D eigenvalue weighted by Crippen LogP contribution is 2.29. The number of nitrogens with one attached hydrogen (secondary N) is 1. The number of aryl methyl sites for hydroxylation is 2. The zero-order chi connectivity index (χ0) is 12.5. The van der Waals surface area contributed by atoms with Gasteiger partial charge in [-0.2, -0.15) is 0 Å². The maximum absolute atomic E-state index is 11.7. The summed E-state index contributed by atoms with van der Waals surface area (Å²) in [5.41, 5.74) is 6.51. The molecular formula is C12H19N3OS. The Balaban J connectivity index is 1.99. The van der Waals surface area contributed by atoms with E-state index in [-0.39, 0.29) is 5.91 Å². The molecule has 0 atom stereocenters. The quantitative estimate of drug-likeness (QED) is 0.866. The molecule has 1 aromatic rings. The predicted octanol–water partition coefficient (Wildman–Crippen LogP) is 2.09. The minimum Gasteiger partial charge on any atom is -0.325 e. The van der Waals surface area contributed by atoms with Crippen molar-refractivity contribution in [3.8, 4) is 0 Å². The Labute approximate surface area is 106 Å². The number of anilines is 1. The summed E-state index contributed by atoms with van der Waals surface area (Å²) in [6, 6.07) is 0. The van der Waals surface area contributed by atoms with E-state index in [9.17, 15) is 4.79 Å². The van der Waals surface area contributed by atoms with E-state index in [1.807, 2.05) is 13.8 Å². The van der Waals surface area contributed by atoms with Crippen molar-refractivity contribution in [2.24, 2.45) is 5.73 Å². The van der Waals surface area contributed by atoms with Crippen molar-refractivity contribution in [1.29, 1.82) is 0 Å². The molecule has 0 saturated heterocycles. The Morgan fingerprint density at radius 1 is 1.47 bits per heavy atom. The SMILES string of the molecule is CC(C)(N)CC(=O)Nc1nc2c(s1)CCCC2. The van der Waals surface area contributed by atoms with E-state index in [1.54, 1.807) is 11.3 Å². The topological polar surface area (TPSA) is 68.0 Å². The molecule has 1 heterocycles. The third-order valence-electron chi connectivity index (χ3n) is 2.71. The van der Waals surface area contributed by atoms with Gasteiger partial charge in [-0.05, 0) is 39.5 Å². The number of rotatable bonds is 3. The molecule has 1 amide bonds. The van der Waals surface area contributed by atoms with Crippen molar-refractivity contribution >= 4 is 22.4 Å². The third kappa shape index (κ3) is 3.51. The van der Waals surface area contributed by atoms with Gasteiger partial charge in [0.05, 0.1) is 5.69 Å². The molecule has 4 nitrogen and oxygen atoms in total. The highest BCUT2D eigenvalue weighted by atomic mass is 32.1. The largest absolute Gasteiger partial charge is 0.325 e. The fourth-order valence-corrected chi connectivity index (χ4v) is 3.05. The van der Waals surface area contributed by atoms with Crippen LogP contribution in [0.15, 0.2) is 0 Å². The van der Waals surface area contributed by atoms with Crippen LogP contribution in [0, 0.1) is 0 Å². The zero-order valence-electron chi connectivity index (χ0n) is 10.4. The van der Waals surface area contributed by atoms with Crippen LogP contribution in [0.5, 0.6) is 0 Å². The number of aromatic nitrogens is 1. The number of fused-ring (bicyclic) bond motifs is 1. The Hall–Kier alpha value is -0.940. The van der Waals surface area contributed by atoms with E-state index in [4.69, 9.17) is 5.73 Å². The van der Waals surface area contributed by atoms with Gasteiger partial charge in [-0.15, -0.1) is 11.3 Å². The van der Waals surface area contributed by atoms with Gasteiger partial charge >= 0.3 is 0 Å². The lowest BCUT2D eigenvalue weighted by Crippen LogP contribution is -2.36. The average molecular weight is 253 g/mol.